The molecule has 0 N–H and O–H groups in total. The molecule has 0 aliphatic rings. The van der Waals surface area contributed by atoms with Crippen LogP contribution in [-0.4, -0.2) is 34.6 Å². The molecule has 8 nitrogen and oxygen atoms in total. The van der Waals surface area contributed by atoms with E-state index in [1.54, 1.807) is 0 Å². The van der Waals surface area contributed by atoms with Crippen molar-refractivity contribution in [3.63, 3.8) is 0 Å². The van der Waals surface area contributed by atoms with Crippen molar-refractivity contribution in [2.75, 3.05) is 13.7 Å². The highest BCUT2D eigenvalue weighted by atomic mass is 35.5. The van der Waals surface area contributed by atoms with E-state index in [1.165, 1.54) is 0 Å². The summed E-state index contributed by atoms with van der Waals surface area (Å²) >= 11 is 5.43. The van der Waals surface area contributed by atoms with Crippen molar-refractivity contribution >= 4 is 23.3 Å². The highest BCUT2D eigenvalue weighted by Crippen LogP contribution is 2.24. The molecular weight excluding hydrogens is 242 g/mol. The molecule has 0 radical (unpaired) electrons. The Kier molecular flexibility index (Phi) is 3.95. The van der Waals surface area contributed by atoms with E-state index in [0.717, 1.165) is 13.3 Å². The number of halogens is 1. The first-order valence-electron chi connectivity index (χ1n) is 3.91. The minimum atomic E-state index is -0.747. The van der Waals surface area contributed by atoms with E-state index in [9.17, 15) is 14.9 Å². The van der Waals surface area contributed by atoms with Gasteiger partial charge in [-0.2, -0.15) is 4.98 Å². The molecule has 1 rings (SSSR count). The van der Waals surface area contributed by atoms with Crippen LogP contribution in [0.15, 0.2) is 6.20 Å². The van der Waals surface area contributed by atoms with E-state index in [-0.39, 0.29) is 11.2 Å². The van der Waals surface area contributed by atoms with Gasteiger partial charge >= 0.3 is 11.7 Å². The van der Waals surface area contributed by atoms with Gasteiger partial charge in [0.05, 0.1) is 12.0 Å². The maximum absolute atomic E-state index is 10.8. The Morgan fingerprint density at radius 3 is 2.94 bits per heavy atom. The van der Waals surface area contributed by atoms with Crippen molar-refractivity contribution in [3.05, 3.63) is 21.6 Å². The molecule has 0 saturated carbocycles. The predicted molar refractivity (Wildman–Crippen MR) is 51.2 cm³/mol. The fraction of sp³-hybridized carbons (Fsp3) is 0.286. The number of hydrogen-bond acceptors (Lipinski definition) is 7. The maximum Gasteiger partial charge on any atom is 0.349 e. The third-order valence-corrected chi connectivity index (χ3v) is 1.64. The third kappa shape index (κ3) is 3.02. The molecule has 86 valence electrons. The minimum Gasteiger partial charge on any atom is -0.466 e. The van der Waals surface area contributed by atoms with E-state index in [1.807, 2.05) is 0 Å². The predicted octanol–water partition coefficient (Wildman–Crippen LogP) is 0.590. The Morgan fingerprint density at radius 1 is 1.69 bits per heavy atom. The molecule has 0 atom stereocenters. The van der Waals surface area contributed by atoms with Crippen molar-refractivity contribution in [2.24, 2.45) is 0 Å². The summed E-state index contributed by atoms with van der Waals surface area (Å²) in [6.45, 7) is -0.495. The van der Waals surface area contributed by atoms with E-state index in [4.69, 9.17) is 16.3 Å². The molecule has 0 aromatic carbocycles. The summed E-state index contributed by atoms with van der Waals surface area (Å²) in [5, 5.41) is 10.3. The van der Waals surface area contributed by atoms with Gasteiger partial charge in [-0.1, -0.05) is 0 Å². The molecule has 1 heterocycles. The number of esters is 1. The zero-order chi connectivity index (χ0) is 12.1. The van der Waals surface area contributed by atoms with E-state index in [2.05, 4.69) is 14.7 Å². The summed E-state index contributed by atoms with van der Waals surface area (Å²) in [4.78, 5) is 27.5. The number of carbonyl (C=O) groups is 1. The van der Waals surface area contributed by atoms with Crippen LogP contribution < -0.4 is 4.74 Å². The van der Waals surface area contributed by atoms with Crippen LogP contribution in [0.2, 0.25) is 5.28 Å². The second kappa shape index (κ2) is 5.21. The fourth-order valence-corrected chi connectivity index (χ4v) is 0.883. The molecule has 16 heavy (non-hydrogen) atoms. The molecule has 1 aromatic heterocycles. The van der Waals surface area contributed by atoms with Crippen molar-refractivity contribution in [3.8, 4) is 5.88 Å². The van der Waals surface area contributed by atoms with Crippen molar-refractivity contribution in [1.82, 2.24) is 9.97 Å². The number of nitrogens with zero attached hydrogens (tertiary/aromatic N) is 3. The Balaban J connectivity index is 2.88. The molecule has 1 aromatic rings. The summed E-state index contributed by atoms with van der Waals surface area (Å²) < 4.78 is 9.07. The van der Waals surface area contributed by atoms with Crippen LogP contribution in [-0.2, 0) is 9.53 Å². The van der Waals surface area contributed by atoms with Crippen molar-refractivity contribution < 1.29 is 19.2 Å². The first kappa shape index (κ1) is 12.1. The average Bonchev–Trinajstić information content (AvgIpc) is 2.25. The van der Waals surface area contributed by atoms with Gasteiger partial charge < -0.3 is 9.47 Å². The van der Waals surface area contributed by atoms with Gasteiger partial charge in [0, 0.05) is 0 Å². The zero-order valence-corrected chi connectivity index (χ0v) is 8.80. The number of methoxy groups -OCH3 is 1. The molecule has 0 aliphatic carbocycles. The second-order valence-corrected chi connectivity index (χ2v) is 2.79. The topological polar surface area (TPSA) is 104 Å². The summed E-state index contributed by atoms with van der Waals surface area (Å²) in [6.07, 6.45) is 0.891. The Morgan fingerprint density at radius 2 is 2.38 bits per heavy atom. The fourth-order valence-electron chi connectivity index (χ4n) is 0.757. The van der Waals surface area contributed by atoms with Gasteiger partial charge in [0.2, 0.25) is 5.28 Å². The van der Waals surface area contributed by atoms with Crippen LogP contribution in [0.25, 0.3) is 0 Å². The summed E-state index contributed by atoms with van der Waals surface area (Å²) in [5.74, 6) is -1.07. The SMILES string of the molecule is COC(=O)COc1nc(Cl)ncc1[N+](=O)[O-]. The van der Waals surface area contributed by atoms with Crippen molar-refractivity contribution in [2.45, 2.75) is 0 Å². The molecule has 0 aliphatic heterocycles. The van der Waals surface area contributed by atoms with Crippen LogP contribution in [0.5, 0.6) is 5.88 Å². The van der Waals surface area contributed by atoms with E-state index >= 15 is 0 Å². The van der Waals surface area contributed by atoms with Gasteiger partial charge in [-0.15, -0.1) is 0 Å². The first-order valence-corrected chi connectivity index (χ1v) is 4.29. The van der Waals surface area contributed by atoms with E-state index in [0.29, 0.717) is 0 Å². The number of nitro groups is 1. The molecular formula is C7H6ClN3O5. The number of aromatic nitrogens is 2. The van der Waals surface area contributed by atoms with Crippen LogP contribution >= 0.6 is 11.6 Å². The van der Waals surface area contributed by atoms with Crippen LogP contribution in [0.4, 0.5) is 5.69 Å². The van der Waals surface area contributed by atoms with Crippen LogP contribution in [0, 0.1) is 10.1 Å². The first-order chi connectivity index (χ1) is 7.54. The normalized spacial score (nSPS) is 9.62. The monoisotopic (exact) mass is 247 g/mol. The lowest BCUT2D eigenvalue weighted by atomic mass is 10.5. The van der Waals surface area contributed by atoms with Gasteiger partial charge in [0.1, 0.15) is 6.20 Å². The molecule has 0 amide bonds. The summed E-state index contributed by atoms with van der Waals surface area (Å²) in [7, 11) is 1.16. The molecule has 9 heteroatoms. The zero-order valence-electron chi connectivity index (χ0n) is 8.05. The Labute approximate surface area is 94.3 Å². The molecule has 0 unspecified atom stereocenters. The average molecular weight is 248 g/mol. The largest absolute Gasteiger partial charge is 0.466 e. The van der Waals surface area contributed by atoms with Gasteiger partial charge in [-0.3, -0.25) is 10.1 Å². The molecule has 0 spiro atoms. The third-order valence-electron chi connectivity index (χ3n) is 1.46. The maximum atomic E-state index is 10.8. The Bertz CT molecular complexity index is 424. The smallest absolute Gasteiger partial charge is 0.349 e. The van der Waals surface area contributed by atoms with E-state index < -0.39 is 23.2 Å². The number of carbonyl (C=O) groups excluding carboxylic acids is 1. The van der Waals surface area contributed by atoms with Crippen LogP contribution in [0.3, 0.4) is 0 Å². The Hall–Kier alpha value is -1.96. The van der Waals surface area contributed by atoms with Crippen molar-refractivity contribution in [1.29, 1.82) is 0 Å². The standard InChI is InChI=1S/C7H6ClN3O5/c1-15-5(12)3-16-6-4(11(13)14)2-9-7(8)10-6/h2H,3H2,1H3. The molecule has 0 saturated heterocycles. The van der Waals surface area contributed by atoms with Gasteiger partial charge in [-0.25, -0.2) is 9.78 Å². The summed E-state index contributed by atoms with van der Waals surface area (Å²) in [5.41, 5.74) is -0.478. The molecule has 0 fully saturated rings. The quantitative estimate of drug-likeness (QED) is 0.332. The lowest BCUT2D eigenvalue weighted by Crippen LogP contribution is -2.14. The molecule has 0 bridgehead atoms. The summed E-state index contributed by atoms with van der Waals surface area (Å²) in [6, 6.07) is 0. The lowest BCUT2D eigenvalue weighted by molar-refractivity contribution is -0.386. The minimum absolute atomic E-state index is 0.217. The second-order valence-electron chi connectivity index (χ2n) is 2.45. The highest BCUT2D eigenvalue weighted by Gasteiger charge is 2.19. The number of rotatable bonds is 4. The van der Waals surface area contributed by atoms with Gasteiger partial charge in [0.15, 0.2) is 6.61 Å². The lowest BCUT2D eigenvalue weighted by Gasteiger charge is -2.03. The number of hydrogen-bond donors (Lipinski definition) is 0. The number of ether oxygens (including phenoxy) is 2. The van der Waals surface area contributed by atoms with Gasteiger partial charge in [0.25, 0.3) is 5.88 Å². The van der Waals surface area contributed by atoms with Gasteiger partial charge in [-0.05, 0) is 11.6 Å². The van der Waals surface area contributed by atoms with Crippen LogP contribution in [0.1, 0.15) is 0 Å². The highest BCUT2D eigenvalue weighted by molar-refractivity contribution is 6.28.